The van der Waals surface area contributed by atoms with E-state index in [0.717, 1.165) is 25.0 Å². The molecule has 1 fully saturated rings. The van der Waals surface area contributed by atoms with E-state index in [1.54, 1.807) is 0 Å². The van der Waals surface area contributed by atoms with Crippen molar-refractivity contribution in [1.82, 2.24) is 0 Å². The van der Waals surface area contributed by atoms with Crippen molar-refractivity contribution in [3.8, 4) is 0 Å². The molecule has 1 aliphatic carbocycles. The number of hydrogen-bond donors (Lipinski definition) is 2. The molecule has 1 saturated carbocycles. The molecular weight excluding hydrogens is 270 g/mol. The van der Waals surface area contributed by atoms with Gasteiger partial charge in [-0.3, -0.25) is 10.1 Å². The van der Waals surface area contributed by atoms with Crippen molar-refractivity contribution in [3.05, 3.63) is 33.9 Å². The van der Waals surface area contributed by atoms with Crippen molar-refractivity contribution >= 4 is 11.4 Å². The Bertz CT molecular complexity index is 489. The molecule has 0 aromatic heterocycles. The van der Waals surface area contributed by atoms with Crippen LogP contribution in [0.1, 0.15) is 37.7 Å². The van der Waals surface area contributed by atoms with E-state index >= 15 is 0 Å². The number of aliphatic hydroxyl groups excluding tert-OH is 1. The molecule has 5 nitrogen and oxygen atoms in total. The van der Waals surface area contributed by atoms with Crippen LogP contribution in [-0.2, 0) is 0 Å². The van der Waals surface area contributed by atoms with E-state index in [9.17, 15) is 24.0 Å². The van der Waals surface area contributed by atoms with Gasteiger partial charge in [0.05, 0.1) is 16.6 Å². The maximum absolute atomic E-state index is 12.8. The van der Waals surface area contributed by atoms with Crippen molar-refractivity contribution in [2.45, 2.75) is 44.3 Å². The van der Waals surface area contributed by atoms with Crippen molar-refractivity contribution in [1.29, 1.82) is 0 Å². The van der Waals surface area contributed by atoms with Crippen molar-refractivity contribution in [2.75, 3.05) is 5.32 Å². The average Bonchev–Trinajstić information content (AvgIpc) is 2.41. The number of benzene rings is 1. The number of rotatable bonds is 4. The molecule has 1 aromatic carbocycles. The van der Waals surface area contributed by atoms with Gasteiger partial charge in [0.25, 0.3) is 12.1 Å². The first-order valence-corrected chi connectivity index (χ1v) is 6.48. The van der Waals surface area contributed by atoms with Crippen LogP contribution in [0, 0.1) is 10.1 Å². The molecule has 0 bridgehead atoms. The number of nitro groups is 1. The van der Waals surface area contributed by atoms with E-state index in [1.807, 2.05) is 0 Å². The van der Waals surface area contributed by atoms with Gasteiger partial charge in [0, 0.05) is 17.8 Å². The Morgan fingerprint density at radius 2 is 1.95 bits per heavy atom. The van der Waals surface area contributed by atoms with Gasteiger partial charge in [-0.15, -0.1) is 0 Å². The molecule has 0 saturated heterocycles. The quantitative estimate of drug-likeness (QED) is 0.658. The fourth-order valence-electron chi connectivity index (χ4n) is 2.44. The number of alkyl halides is 2. The van der Waals surface area contributed by atoms with Crippen LogP contribution in [0.15, 0.2) is 18.2 Å². The largest absolute Gasteiger partial charge is 0.393 e. The minimum absolute atomic E-state index is 0.102. The summed E-state index contributed by atoms with van der Waals surface area (Å²) < 4.78 is 25.7. The normalized spacial score (nSPS) is 22.8. The van der Waals surface area contributed by atoms with Gasteiger partial charge in [-0.25, -0.2) is 8.78 Å². The second kappa shape index (κ2) is 6.13. The Hall–Kier alpha value is -1.76. The summed E-state index contributed by atoms with van der Waals surface area (Å²) in [5, 5.41) is 23.2. The summed E-state index contributed by atoms with van der Waals surface area (Å²) in [6, 6.07) is 3.77. The summed E-state index contributed by atoms with van der Waals surface area (Å²) in [4.78, 5) is 9.88. The van der Waals surface area contributed by atoms with Gasteiger partial charge in [-0.2, -0.15) is 0 Å². The minimum atomic E-state index is -2.88. The first kappa shape index (κ1) is 14.6. The Morgan fingerprint density at radius 3 is 2.50 bits per heavy atom. The molecule has 2 N–H and O–H groups in total. The van der Waals surface area contributed by atoms with Crippen molar-refractivity contribution in [3.63, 3.8) is 0 Å². The predicted octanol–water partition coefficient (Wildman–Crippen LogP) is 3.25. The SMILES string of the molecule is O=[N+]([O-])c1ccc(NC2CCC(O)CC2)cc1C(F)F. The maximum atomic E-state index is 12.8. The molecule has 0 aliphatic heterocycles. The zero-order chi connectivity index (χ0) is 14.7. The number of nitrogens with one attached hydrogen (secondary N) is 1. The lowest BCUT2D eigenvalue weighted by Crippen LogP contribution is -2.28. The molecule has 0 atom stereocenters. The number of halogens is 2. The van der Waals surface area contributed by atoms with Gasteiger partial charge in [0.15, 0.2) is 0 Å². The van der Waals surface area contributed by atoms with E-state index in [0.29, 0.717) is 18.5 Å². The molecule has 1 aromatic rings. The second-order valence-electron chi connectivity index (χ2n) is 4.98. The molecule has 0 heterocycles. The van der Waals surface area contributed by atoms with Crippen molar-refractivity contribution in [2.24, 2.45) is 0 Å². The van der Waals surface area contributed by atoms with Gasteiger partial charge in [0.1, 0.15) is 0 Å². The van der Waals surface area contributed by atoms with Crippen LogP contribution >= 0.6 is 0 Å². The molecule has 0 amide bonds. The lowest BCUT2D eigenvalue weighted by atomic mass is 9.93. The van der Waals surface area contributed by atoms with Crippen LogP contribution in [0.2, 0.25) is 0 Å². The number of aliphatic hydroxyl groups is 1. The molecule has 7 heteroatoms. The smallest absolute Gasteiger partial charge is 0.278 e. The Kier molecular flexibility index (Phi) is 4.49. The van der Waals surface area contributed by atoms with Crippen LogP contribution in [0.3, 0.4) is 0 Å². The van der Waals surface area contributed by atoms with E-state index in [2.05, 4.69) is 5.32 Å². The van der Waals surface area contributed by atoms with Gasteiger partial charge < -0.3 is 10.4 Å². The van der Waals surface area contributed by atoms with E-state index in [-0.39, 0.29) is 12.1 Å². The third kappa shape index (κ3) is 3.41. The Balaban J connectivity index is 2.13. The maximum Gasteiger partial charge on any atom is 0.278 e. The summed E-state index contributed by atoms with van der Waals surface area (Å²) in [5.74, 6) is 0. The number of nitro benzene ring substituents is 1. The highest BCUT2D eigenvalue weighted by atomic mass is 19.3. The lowest BCUT2D eigenvalue weighted by molar-refractivity contribution is -0.386. The molecule has 0 unspecified atom stereocenters. The summed E-state index contributed by atoms with van der Waals surface area (Å²) in [5.41, 5.74) is -0.687. The molecule has 0 radical (unpaired) electrons. The van der Waals surface area contributed by atoms with E-state index in [4.69, 9.17) is 0 Å². The highest BCUT2D eigenvalue weighted by Crippen LogP contribution is 2.32. The summed E-state index contributed by atoms with van der Waals surface area (Å²) in [6.07, 6.45) is -0.324. The topological polar surface area (TPSA) is 75.4 Å². The zero-order valence-electron chi connectivity index (χ0n) is 10.8. The van der Waals surface area contributed by atoms with E-state index in [1.165, 1.54) is 6.07 Å². The molecule has 110 valence electrons. The second-order valence-corrected chi connectivity index (χ2v) is 4.98. The minimum Gasteiger partial charge on any atom is -0.393 e. The molecule has 20 heavy (non-hydrogen) atoms. The summed E-state index contributed by atoms with van der Waals surface area (Å²) in [7, 11) is 0. The van der Waals surface area contributed by atoms with Gasteiger partial charge in [-0.1, -0.05) is 0 Å². The van der Waals surface area contributed by atoms with Crippen LogP contribution < -0.4 is 5.32 Å². The van der Waals surface area contributed by atoms with Crippen LogP contribution in [0.4, 0.5) is 20.2 Å². The van der Waals surface area contributed by atoms with Gasteiger partial charge in [-0.05, 0) is 37.8 Å². The summed E-state index contributed by atoms with van der Waals surface area (Å²) >= 11 is 0. The van der Waals surface area contributed by atoms with Crippen molar-refractivity contribution < 1.29 is 18.8 Å². The summed E-state index contributed by atoms with van der Waals surface area (Å²) in [6.45, 7) is 0. The highest BCUT2D eigenvalue weighted by molar-refractivity contribution is 5.55. The molecule has 2 rings (SSSR count). The van der Waals surface area contributed by atoms with Gasteiger partial charge >= 0.3 is 0 Å². The lowest BCUT2D eigenvalue weighted by Gasteiger charge is -2.27. The van der Waals surface area contributed by atoms with E-state index < -0.39 is 22.6 Å². The third-order valence-corrected chi connectivity index (χ3v) is 3.53. The fraction of sp³-hybridized carbons (Fsp3) is 0.538. The third-order valence-electron chi connectivity index (χ3n) is 3.53. The molecular formula is C13H16F2N2O3. The number of nitrogens with zero attached hydrogens (tertiary/aromatic N) is 1. The highest BCUT2D eigenvalue weighted by Gasteiger charge is 2.23. The Morgan fingerprint density at radius 1 is 1.30 bits per heavy atom. The van der Waals surface area contributed by atoms with Crippen LogP contribution in [-0.4, -0.2) is 22.2 Å². The van der Waals surface area contributed by atoms with Crippen LogP contribution in [0.5, 0.6) is 0 Å². The molecule has 0 spiro atoms. The fourth-order valence-corrected chi connectivity index (χ4v) is 2.44. The first-order valence-electron chi connectivity index (χ1n) is 6.48. The standard InChI is InChI=1S/C13H16F2N2O3/c14-13(15)11-7-9(3-6-12(11)17(19)20)16-8-1-4-10(18)5-2-8/h3,6-8,10,13,16,18H,1-2,4-5H2. The number of anilines is 1. The Labute approximate surface area is 114 Å². The van der Waals surface area contributed by atoms with Crippen LogP contribution in [0.25, 0.3) is 0 Å². The first-order chi connectivity index (χ1) is 9.47. The van der Waals surface area contributed by atoms with Gasteiger partial charge in [0.2, 0.25) is 0 Å². The zero-order valence-corrected chi connectivity index (χ0v) is 10.8. The molecule has 1 aliphatic rings. The number of hydrogen-bond acceptors (Lipinski definition) is 4. The monoisotopic (exact) mass is 286 g/mol. The predicted molar refractivity (Wildman–Crippen MR) is 69.9 cm³/mol. The average molecular weight is 286 g/mol.